The van der Waals surface area contributed by atoms with Crippen molar-refractivity contribution in [2.45, 2.75) is 27.3 Å². The zero-order chi connectivity index (χ0) is 21.4. The number of fused-ring (bicyclic) bond motifs is 1. The molecule has 8 heteroatoms. The first-order valence-corrected chi connectivity index (χ1v) is 9.53. The Morgan fingerprint density at radius 2 is 1.80 bits per heavy atom. The third-order valence-corrected chi connectivity index (χ3v) is 4.83. The van der Waals surface area contributed by atoms with Crippen molar-refractivity contribution < 1.29 is 9.18 Å². The first-order valence-electron chi connectivity index (χ1n) is 9.53. The van der Waals surface area contributed by atoms with Gasteiger partial charge in [-0.1, -0.05) is 18.2 Å². The van der Waals surface area contributed by atoms with Crippen LogP contribution in [0.15, 0.2) is 53.3 Å². The first-order chi connectivity index (χ1) is 14.4. The highest BCUT2D eigenvalue weighted by Gasteiger charge is 2.17. The van der Waals surface area contributed by atoms with Crippen LogP contribution < -0.4 is 10.9 Å². The number of anilines is 1. The van der Waals surface area contributed by atoms with Crippen LogP contribution in [0.3, 0.4) is 0 Å². The van der Waals surface area contributed by atoms with Crippen LogP contribution in [-0.4, -0.2) is 25.5 Å². The number of halogens is 1. The summed E-state index contributed by atoms with van der Waals surface area (Å²) in [6.07, 6.45) is 0. The minimum atomic E-state index is -0.522. The van der Waals surface area contributed by atoms with E-state index in [-0.39, 0.29) is 16.9 Å². The molecule has 2 aromatic heterocycles. The van der Waals surface area contributed by atoms with Crippen LogP contribution >= 0.6 is 0 Å². The summed E-state index contributed by atoms with van der Waals surface area (Å²) in [6, 6.07) is 13.1. The Kier molecular flexibility index (Phi) is 4.91. The summed E-state index contributed by atoms with van der Waals surface area (Å²) in [5.41, 5.74) is 2.01. The standard InChI is InChI=1S/C22H20FN5O2/c1-4-27-22(30)17-8-6-5-7-16(17)20(26-27)21(29)24-15-9-10-19(18(23)12-15)28-14(3)11-13(2)25-28/h5-12H,4H2,1-3H3,(H,24,29). The number of aromatic nitrogens is 4. The number of nitrogens with one attached hydrogen (secondary N) is 1. The summed E-state index contributed by atoms with van der Waals surface area (Å²) < 4.78 is 17.5. The summed E-state index contributed by atoms with van der Waals surface area (Å²) in [4.78, 5) is 25.4. The predicted octanol–water partition coefficient (Wildman–Crippen LogP) is 3.61. The van der Waals surface area contributed by atoms with E-state index in [4.69, 9.17) is 0 Å². The van der Waals surface area contributed by atoms with Gasteiger partial charge in [0.25, 0.3) is 11.5 Å². The van der Waals surface area contributed by atoms with Gasteiger partial charge in [-0.3, -0.25) is 9.59 Å². The van der Waals surface area contributed by atoms with E-state index in [1.54, 1.807) is 43.3 Å². The van der Waals surface area contributed by atoms with E-state index in [2.05, 4.69) is 15.5 Å². The number of hydrogen-bond donors (Lipinski definition) is 1. The van der Waals surface area contributed by atoms with Gasteiger partial charge in [-0.2, -0.15) is 10.2 Å². The third-order valence-electron chi connectivity index (χ3n) is 4.83. The molecule has 1 N–H and O–H groups in total. The van der Waals surface area contributed by atoms with Gasteiger partial charge in [0.05, 0.1) is 11.1 Å². The molecule has 2 aromatic carbocycles. The van der Waals surface area contributed by atoms with Gasteiger partial charge in [0.2, 0.25) is 0 Å². The minimum Gasteiger partial charge on any atom is -0.320 e. The van der Waals surface area contributed by atoms with Gasteiger partial charge < -0.3 is 5.32 Å². The second kappa shape index (κ2) is 7.55. The van der Waals surface area contributed by atoms with Gasteiger partial charge in [0, 0.05) is 23.3 Å². The van der Waals surface area contributed by atoms with Crippen molar-refractivity contribution in [2.24, 2.45) is 0 Å². The molecule has 4 aromatic rings. The number of nitrogens with zero attached hydrogens (tertiary/aromatic N) is 4. The third kappa shape index (κ3) is 3.36. The Morgan fingerprint density at radius 3 is 2.43 bits per heavy atom. The molecular formula is C22H20FN5O2. The normalized spacial score (nSPS) is 11.1. The molecule has 7 nitrogen and oxygen atoms in total. The molecule has 0 radical (unpaired) electrons. The molecule has 0 saturated heterocycles. The molecule has 152 valence electrons. The Bertz CT molecular complexity index is 1340. The molecule has 0 spiro atoms. The summed E-state index contributed by atoms with van der Waals surface area (Å²) >= 11 is 0. The maximum atomic E-state index is 14.7. The lowest BCUT2D eigenvalue weighted by Gasteiger charge is -2.11. The first kappa shape index (κ1) is 19.5. The van der Waals surface area contributed by atoms with Crippen LogP contribution in [0.1, 0.15) is 28.8 Å². The van der Waals surface area contributed by atoms with Crippen LogP contribution in [0, 0.1) is 19.7 Å². The van der Waals surface area contributed by atoms with Crippen LogP contribution in [0.5, 0.6) is 0 Å². The van der Waals surface area contributed by atoms with Crippen molar-refractivity contribution in [3.8, 4) is 5.69 Å². The van der Waals surface area contributed by atoms with Crippen molar-refractivity contribution in [1.29, 1.82) is 0 Å². The SMILES string of the molecule is CCn1nc(C(=O)Nc2ccc(-n3nc(C)cc3C)c(F)c2)c2ccccc2c1=O. The van der Waals surface area contributed by atoms with E-state index in [9.17, 15) is 14.0 Å². The number of carbonyl (C=O) groups excluding carboxylic acids is 1. The second-order valence-electron chi connectivity index (χ2n) is 6.97. The zero-order valence-corrected chi connectivity index (χ0v) is 16.8. The van der Waals surface area contributed by atoms with Gasteiger partial charge in [-0.05, 0) is 51.1 Å². The number of carbonyl (C=O) groups is 1. The largest absolute Gasteiger partial charge is 0.320 e. The molecule has 0 unspecified atom stereocenters. The fourth-order valence-electron chi connectivity index (χ4n) is 3.44. The van der Waals surface area contributed by atoms with Crippen molar-refractivity contribution in [2.75, 3.05) is 5.32 Å². The molecule has 0 fully saturated rings. The van der Waals surface area contributed by atoms with Gasteiger partial charge in [-0.25, -0.2) is 13.8 Å². The smallest absolute Gasteiger partial charge is 0.276 e. The van der Waals surface area contributed by atoms with Crippen molar-refractivity contribution >= 4 is 22.4 Å². The molecular weight excluding hydrogens is 385 g/mol. The quantitative estimate of drug-likeness (QED) is 0.562. The summed E-state index contributed by atoms with van der Waals surface area (Å²) in [5.74, 6) is -1.04. The highest BCUT2D eigenvalue weighted by Crippen LogP contribution is 2.21. The molecule has 2 heterocycles. The van der Waals surface area contributed by atoms with Crippen LogP contribution in [0.2, 0.25) is 0 Å². The molecule has 0 aliphatic carbocycles. The maximum Gasteiger partial charge on any atom is 0.276 e. The zero-order valence-electron chi connectivity index (χ0n) is 16.8. The molecule has 1 amide bonds. The minimum absolute atomic E-state index is 0.107. The predicted molar refractivity (Wildman–Crippen MR) is 113 cm³/mol. The van der Waals surface area contributed by atoms with E-state index in [0.717, 1.165) is 11.4 Å². The number of rotatable bonds is 4. The highest BCUT2D eigenvalue weighted by molar-refractivity contribution is 6.11. The fraction of sp³-hybridized carbons (Fsp3) is 0.182. The average molecular weight is 405 g/mol. The average Bonchev–Trinajstić information content (AvgIpc) is 3.06. The molecule has 4 rings (SSSR count). The highest BCUT2D eigenvalue weighted by atomic mass is 19.1. The van der Waals surface area contributed by atoms with E-state index < -0.39 is 11.7 Å². The van der Waals surface area contributed by atoms with Crippen LogP contribution in [0.4, 0.5) is 10.1 Å². The summed E-state index contributed by atoms with van der Waals surface area (Å²) in [6.45, 7) is 5.78. The monoisotopic (exact) mass is 405 g/mol. The van der Waals surface area contributed by atoms with E-state index in [0.29, 0.717) is 23.0 Å². The summed E-state index contributed by atoms with van der Waals surface area (Å²) in [5, 5.41) is 12.0. The fourth-order valence-corrected chi connectivity index (χ4v) is 3.44. The van der Waals surface area contributed by atoms with E-state index in [1.165, 1.54) is 15.4 Å². The van der Waals surface area contributed by atoms with Gasteiger partial charge >= 0.3 is 0 Å². The molecule has 0 saturated carbocycles. The van der Waals surface area contributed by atoms with E-state index >= 15 is 0 Å². The molecule has 0 aliphatic heterocycles. The Morgan fingerprint density at radius 1 is 1.07 bits per heavy atom. The number of amides is 1. The molecule has 0 aliphatic rings. The van der Waals surface area contributed by atoms with Crippen molar-refractivity contribution in [3.05, 3.63) is 81.8 Å². The molecule has 30 heavy (non-hydrogen) atoms. The van der Waals surface area contributed by atoms with Crippen LogP contribution in [0.25, 0.3) is 16.5 Å². The number of benzene rings is 2. The topological polar surface area (TPSA) is 81.8 Å². The number of aryl methyl sites for hydroxylation is 3. The van der Waals surface area contributed by atoms with Crippen LogP contribution in [-0.2, 0) is 6.54 Å². The second-order valence-corrected chi connectivity index (χ2v) is 6.97. The lowest BCUT2D eigenvalue weighted by molar-refractivity contribution is 0.102. The molecule has 0 atom stereocenters. The Labute approximate surface area is 171 Å². The van der Waals surface area contributed by atoms with Crippen molar-refractivity contribution in [3.63, 3.8) is 0 Å². The number of hydrogen-bond acceptors (Lipinski definition) is 4. The lowest BCUT2D eigenvalue weighted by atomic mass is 10.1. The van der Waals surface area contributed by atoms with Gasteiger partial charge in [-0.15, -0.1) is 0 Å². The summed E-state index contributed by atoms with van der Waals surface area (Å²) in [7, 11) is 0. The van der Waals surface area contributed by atoms with Gasteiger partial charge in [0.15, 0.2) is 11.5 Å². The molecule has 0 bridgehead atoms. The van der Waals surface area contributed by atoms with Crippen molar-refractivity contribution in [1.82, 2.24) is 19.6 Å². The van der Waals surface area contributed by atoms with E-state index in [1.807, 2.05) is 19.9 Å². The maximum absolute atomic E-state index is 14.7. The Hall–Kier alpha value is -3.81. The lowest BCUT2D eigenvalue weighted by Crippen LogP contribution is -2.27. The van der Waals surface area contributed by atoms with Gasteiger partial charge in [0.1, 0.15) is 5.69 Å². The Balaban J connectivity index is 1.70.